The molecule has 1 nitrogen and oxygen atoms in total. The first-order chi connectivity index (χ1) is 5.66. The maximum Gasteiger partial charge on any atom is 0.129 e. The molecule has 0 aliphatic carbocycles. The van der Waals surface area contributed by atoms with Crippen LogP contribution in [0.1, 0.15) is 5.56 Å². The van der Waals surface area contributed by atoms with Crippen LogP contribution in [0.3, 0.4) is 0 Å². The van der Waals surface area contributed by atoms with Gasteiger partial charge in [0, 0.05) is 12.1 Å². The Kier molecular flexibility index (Phi) is 3.32. The van der Waals surface area contributed by atoms with E-state index in [9.17, 15) is 4.39 Å². The highest BCUT2D eigenvalue weighted by Crippen LogP contribution is 2.27. The minimum atomic E-state index is -0.334. The molecule has 0 radical (unpaired) electrons. The first-order valence-electron chi connectivity index (χ1n) is 3.43. The maximum absolute atomic E-state index is 13.0. The predicted octanol–water partition coefficient (Wildman–Crippen LogP) is 2.85. The van der Waals surface area contributed by atoms with Crippen molar-refractivity contribution >= 4 is 23.2 Å². The highest BCUT2D eigenvalue weighted by atomic mass is 35.5. The molecule has 1 aromatic rings. The van der Waals surface area contributed by atoms with Crippen LogP contribution in [0.15, 0.2) is 12.1 Å². The van der Waals surface area contributed by atoms with Gasteiger partial charge in [0.25, 0.3) is 0 Å². The number of rotatable bonds is 2. The average molecular weight is 208 g/mol. The lowest BCUT2D eigenvalue weighted by atomic mass is 10.2. The summed E-state index contributed by atoms with van der Waals surface area (Å²) in [4.78, 5) is 0. The molecule has 0 unspecified atom stereocenters. The molecule has 0 aromatic heterocycles. The minimum absolute atomic E-state index is 0.283. The molecule has 0 aliphatic rings. The molecule has 0 heterocycles. The lowest BCUT2D eigenvalue weighted by Crippen LogP contribution is -2.07. The van der Waals surface area contributed by atoms with Gasteiger partial charge in [-0.1, -0.05) is 23.2 Å². The molecule has 0 saturated heterocycles. The van der Waals surface area contributed by atoms with Gasteiger partial charge in [-0.05, 0) is 19.2 Å². The van der Waals surface area contributed by atoms with Crippen molar-refractivity contribution in [2.24, 2.45) is 0 Å². The Hall–Kier alpha value is -0.310. The van der Waals surface area contributed by atoms with Crippen LogP contribution in [0.5, 0.6) is 0 Å². The standard InChI is InChI=1S/C8H8Cl2FN/c1-12-4-5-7(11)3-2-6(9)8(5)10/h2-3,12H,4H2,1H3. The molecular weight excluding hydrogens is 200 g/mol. The summed E-state index contributed by atoms with van der Waals surface area (Å²) >= 11 is 11.5. The van der Waals surface area contributed by atoms with Crippen LogP contribution in [-0.4, -0.2) is 7.05 Å². The predicted molar refractivity (Wildman–Crippen MR) is 49.2 cm³/mol. The van der Waals surface area contributed by atoms with E-state index in [1.807, 2.05) is 0 Å². The summed E-state index contributed by atoms with van der Waals surface area (Å²) in [5.41, 5.74) is 0.409. The van der Waals surface area contributed by atoms with E-state index in [-0.39, 0.29) is 10.8 Å². The Balaban J connectivity index is 3.14. The summed E-state index contributed by atoms with van der Waals surface area (Å²) in [6.07, 6.45) is 0. The zero-order chi connectivity index (χ0) is 9.14. The van der Waals surface area contributed by atoms with Gasteiger partial charge in [-0.2, -0.15) is 0 Å². The topological polar surface area (TPSA) is 12.0 Å². The van der Waals surface area contributed by atoms with E-state index in [4.69, 9.17) is 23.2 Å². The number of hydrogen-bond donors (Lipinski definition) is 1. The molecule has 0 atom stereocenters. The normalized spacial score (nSPS) is 10.3. The molecule has 1 N–H and O–H groups in total. The molecule has 66 valence electrons. The van der Waals surface area contributed by atoms with Crippen molar-refractivity contribution < 1.29 is 4.39 Å². The van der Waals surface area contributed by atoms with Crippen molar-refractivity contribution in [1.29, 1.82) is 0 Å². The molecule has 1 aromatic carbocycles. The zero-order valence-electron chi connectivity index (χ0n) is 6.50. The van der Waals surface area contributed by atoms with Gasteiger partial charge < -0.3 is 5.32 Å². The van der Waals surface area contributed by atoms with Crippen molar-refractivity contribution in [3.63, 3.8) is 0 Å². The largest absolute Gasteiger partial charge is 0.316 e. The van der Waals surface area contributed by atoms with E-state index in [1.54, 1.807) is 7.05 Å². The number of benzene rings is 1. The zero-order valence-corrected chi connectivity index (χ0v) is 8.01. The fourth-order valence-electron chi connectivity index (χ4n) is 0.908. The second-order valence-electron chi connectivity index (χ2n) is 2.35. The molecule has 1 rings (SSSR count). The minimum Gasteiger partial charge on any atom is -0.316 e. The van der Waals surface area contributed by atoms with Gasteiger partial charge in [0.2, 0.25) is 0 Å². The molecular formula is C8H8Cl2FN. The van der Waals surface area contributed by atoms with Crippen LogP contribution in [0, 0.1) is 5.82 Å². The third-order valence-corrected chi connectivity index (χ3v) is 2.34. The number of nitrogens with one attached hydrogen (secondary N) is 1. The Bertz CT molecular complexity index is 289. The van der Waals surface area contributed by atoms with Crippen LogP contribution in [0.2, 0.25) is 10.0 Å². The van der Waals surface area contributed by atoms with Crippen LogP contribution >= 0.6 is 23.2 Å². The van der Waals surface area contributed by atoms with Crippen molar-refractivity contribution in [1.82, 2.24) is 5.32 Å². The molecule has 0 amide bonds. The van der Waals surface area contributed by atoms with Crippen molar-refractivity contribution in [2.75, 3.05) is 7.05 Å². The Morgan fingerprint density at radius 3 is 2.67 bits per heavy atom. The molecule has 4 heteroatoms. The molecule has 0 aliphatic heterocycles. The van der Waals surface area contributed by atoms with Crippen LogP contribution < -0.4 is 5.32 Å². The number of hydrogen-bond acceptors (Lipinski definition) is 1. The van der Waals surface area contributed by atoms with Gasteiger partial charge in [-0.15, -0.1) is 0 Å². The van der Waals surface area contributed by atoms with Crippen LogP contribution in [0.25, 0.3) is 0 Å². The Morgan fingerprint density at radius 2 is 2.08 bits per heavy atom. The fourth-order valence-corrected chi connectivity index (χ4v) is 1.31. The van der Waals surface area contributed by atoms with Crippen molar-refractivity contribution in [3.05, 3.63) is 33.6 Å². The van der Waals surface area contributed by atoms with E-state index in [0.29, 0.717) is 17.1 Å². The second-order valence-corrected chi connectivity index (χ2v) is 3.14. The van der Waals surface area contributed by atoms with Gasteiger partial charge in [0.1, 0.15) is 5.82 Å². The second kappa shape index (κ2) is 4.08. The highest BCUT2D eigenvalue weighted by molar-refractivity contribution is 6.42. The molecule has 12 heavy (non-hydrogen) atoms. The summed E-state index contributed by atoms with van der Waals surface area (Å²) in [7, 11) is 1.72. The van der Waals surface area contributed by atoms with Gasteiger partial charge in [0.15, 0.2) is 0 Å². The average Bonchev–Trinajstić information content (AvgIpc) is 2.06. The lowest BCUT2D eigenvalue weighted by molar-refractivity contribution is 0.601. The van der Waals surface area contributed by atoms with E-state index in [1.165, 1.54) is 12.1 Å². The Labute approximate surface area is 80.5 Å². The monoisotopic (exact) mass is 207 g/mol. The summed E-state index contributed by atoms with van der Waals surface area (Å²) in [6, 6.07) is 2.75. The molecule has 0 spiro atoms. The molecule has 0 saturated carbocycles. The third kappa shape index (κ3) is 1.89. The highest BCUT2D eigenvalue weighted by Gasteiger charge is 2.08. The molecule has 0 bridgehead atoms. The van der Waals surface area contributed by atoms with Gasteiger partial charge in [-0.25, -0.2) is 4.39 Å². The quantitative estimate of drug-likeness (QED) is 0.736. The number of halogens is 3. The van der Waals surface area contributed by atoms with E-state index >= 15 is 0 Å². The fraction of sp³-hybridized carbons (Fsp3) is 0.250. The smallest absolute Gasteiger partial charge is 0.129 e. The third-order valence-electron chi connectivity index (χ3n) is 1.49. The summed E-state index contributed by atoms with van der Waals surface area (Å²) in [5.74, 6) is -0.334. The van der Waals surface area contributed by atoms with Gasteiger partial charge in [0.05, 0.1) is 10.0 Å². The van der Waals surface area contributed by atoms with Crippen molar-refractivity contribution in [2.45, 2.75) is 6.54 Å². The first kappa shape index (κ1) is 9.78. The lowest BCUT2D eigenvalue weighted by Gasteiger charge is -2.05. The first-order valence-corrected chi connectivity index (χ1v) is 4.19. The van der Waals surface area contributed by atoms with Gasteiger partial charge >= 0.3 is 0 Å². The summed E-state index contributed by atoms with van der Waals surface area (Å²) in [6.45, 7) is 0.380. The van der Waals surface area contributed by atoms with E-state index in [2.05, 4.69) is 5.32 Å². The Morgan fingerprint density at radius 1 is 1.42 bits per heavy atom. The maximum atomic E-state index is 13.0. The van der Waals surface area contributed by atoms with E-state index in [0.717, 1.165) is 0 Å². The van der Waals surface area contributed by atoms with Gasteiger partial charge in [-0.3, -0.25) is 0 Å². The van der Waals surface area contributed by atoms with Crippen molar-refractivity contribution in [3.8, 4) is 0 Å². The SMILES string of the molecule is CNCc1c(F)ccc(Cl)c1Cl. The van der Waals surface area contributed by atoms with E-state index < -0.39 is 0 Å². The van der Waals surface area contributed by atoms with Crippen LogP contribution in [0.4, 0.5) is 4.39 Å². The summed E-state index contributed by atoms with van der Waals surface area (Å²) in [5, 5.41) is 3.47. The summed E-state index contributed by atoms with van der Waals surface area (Å²) < 4.78 is 13.0. The molecule has 0 fully saturated rings. The van der Waals surface area contributed by atoms with Crippen LogP contribution in [-0.2, 0) is 6.54 Å².